The Morgan fingerprint density at radius 3 is 1.98 bits per heavy atom. The van der Waals surface area contributed by atoms with Gasteiger partial charge < -0.3 is 24.7 Å². The number of nitrogens with zero attached hydrogens (tertiary/aromatic N) is 2. The molecule has 1 aliphatic carbocycles. The molecular weight excluding hydrogens is 494 g/mol. The first kappa shape index (κ1) is 25.9. The van der Waals surface area contributed by atoms with Gasteiger partial charge in [0, 0.05) is 51.7 Å². The largest absolute Gasteiger partial charge is 0.468 e. The van der Waals surface area contributed by atoms with E-state index in [1.54, 1.807) is 0 Å². The molecule has 5 nitrogen and oxygen atoms in total. The summed E-state index contributed by atoms with van der Waals surface area (Å²) in [5, 5.41) is 11.5. The van der Waals surface area contributed by atoms with Crippen LogP contribution in [0.25, 0.3) is 10.8 Å². The van der Waals surface area contributed by atoms with Crippen LogP contribution in [0.1, 0.15) is 16.7 Å². The van der Waals surface area contributed by atoms with Gasteiger partial charge in [-0.15, -0.1) is 0 Å². The van der Waals surface area contributed by atoms with Gasteiger partial charge in [0.25, 0.3) is 0 Å². The van der Waals surface area contributed by atoms with E-state index in [-0.39, 0.29) is 0 Å². The minimum Gasteiger partial charge on any atom is -0.468 e. The number of nitrogens with one attached hydrogen (secondary N) is 1. The first-order valence-electron chi connectivity index (χ1n) is 13.7. The van der Waals surface area contributed by atoms with Crippen molar-refractivity contribution in [2.45, 2.75) is 18.3 Å². The lowest BCUT2D eigenvalue weighted by Gasteiger charge is -2.49. The Morgan fingerprint density at radius 1 is 0.750 bits per heavy atom. The molecule has 2 aliphatic rings. The monoisotopic (exact) mass is 529 g/mol. The Balaban J connectivity index is 1.52. The van der Waals surface area contributed by atoms with Gasteiger partial charge in [0.15, 0.2) is 0 Å². The third-order valence-electron chi connectivity index (χ3n) is 8.01. The Hall–Kier alpha value is -4.35. The van der Waals surface area contributed by atoms with Gasteiger partial charge >= 0.3 is 0 Å². The lowest BCUT2D eigenvalue weighted by atomic mass is 9.70. The van der Waals surface area contributed by atoms with Crippen LogP contribution < -0.4 is 9.80 Å². The third-order valence-corrected chi connectivity index (χ3v) is 8.01. The van der Waals surface area contributed by atoms with Crippen molar-refractivity contribution in [1.29, 1.82) is 5.41 Å². The summed E-state index contributed by atoms with van der Waals surface area (Å²) in [5.74, 6) is 0.342. The maximum absolute atomic E-state index is 9.08. The quantitative estimate of drug-likeness (QED) is 0.295. The molecule has 5 heteroatoms. The smallest absolute Gasteiger partial charge is 0.204 e. The number of anilines is 2. The summed E-state index contributed by atoms with van der Waals surface area (Å²) in [6, 6.07) is 31.8. The van der Waals surface area contributed by atoms with Gasteiger partial charge in [-0.25, -0.2) is 0 Å². The topological polar surface area (TPSA) is 48.8 Å². The molecule has 1 saturated heterocycles. The zero-order valence-electron chi connectivity index (χ0n) is 23.5. The Labute approximate surface area is 236 Å². The molecule has 202 valence electrons. The van der Waals surface area contributed by atoms with Gasteiger partial charge in [-0.1, -0.05) is 72.8 Å². The maximum atomic E-state index is 9.08. The van der Waals surface area contributed by atoms with Gasteiger partial charge in [0.1, 0.15) is 11.4 Å². The number of fused-ring (bicyclic) bond motifs is 2. The van der Waals surface area contributed by atoms with Crippen molar-refractivity contribution < 1.29 is 9.47 Å². The highest BCUT2D eigenvalue weighted by atomic mass is 16.7. The number of hydrogen-bond acceptors (Lipinski definition) is 5. The third kappa shape index (κ3) is 4.46. The van der Waals surface area contributed by atoms with Crippen molar-refractivity contribution in [1.82, 2.24) is 0 Å². The van der Waals surface area contributed by atoms with Crippen molar-refractivity contribution >= 4 is 27.9 Å². The second-order valence-electron chi connectivity index (χ2n) is 10.9. The van der Waals surface area contributed by atoms with Crippen LogP contribution in [0.15, 0.2) is 115 Å². The van der Waals surface area contributed by atoms with Crippen LogP contribution in [-0.4, -0.2) is 40.2 Å². The summed E-state index contributed by atoms with van der Waals surface area (Å²) in [7, 11) is 8.16. The van der Waals surface area contributed by atoms with Crippen molar-refractivity contribution in [3.63, 3.8) is 0 Å². The zero-order valence-corrected chi connectivity index (χ0v) is 23.5. The Bertz CT molecular complexity index is 1540. The standard InChI is InChI=1S/C35H35N3O2/c1-37(2)28-19-15-26(16-20-28)35(27-17-21-29(22-18-27)38(3)4)34-31(36)13-8-14-32(34)39-33(40-35)23-25-11-7-10-24-9-5-6-12-30(24)25/h5-22,33-34,36H,23H2,1-4H3. The normalized spacial score (nSPS) is 19.5. The lowest BCUT2D eigenvalue weighted by molar-refractivity contribution is -0.233. The molecule has 4 aromatic rings. The highest BCUT2D eigenvalue weighted by Gasteiger charge is 2.53. The summed E-state index contributed by atoms with van der Waals surface area (Å²) < 4.78 is 13.7. The summed E-state index contributed by atoms with van der Waals surface area (Å²) >= 11 is 0. The van der Waals surface area contributed by atoms with E-state index in [1.807, 2.05) is 46.4 Å². The average molecular weight is 530 g/mol. The fourth-order valence-electron chi connectivity index (χ4n) is 5.95. The Kier molecular flexibility index (Phi) is 6.68. The van der Waals surface area contributed by atoms with Gasteiger partial charge in [0.2, 0.25) is 6.29 Å². The van der Waals surface area contributed by atoms with Crippen molar-refractivity contribution in [2.75, 3.05) is 38.0 Å². The van der Waals surface area contributed by atoms with E-state index in [0.717, 1.165) is 28.3 Å². The highest BCUT2D eigenvalue weighted by Crippen LogP contribution is 2.51. The lowest BCUT2D eigenvalue weighted by Crippen LogP contribution is -2.52. The molecule has 0 spiro atoms. The predicted molar refractivity (Wildman–Crippen MR) is 164 cm³/mol. The minimum atomic E-state index is -0.948. The second-order valence-corrected chi connectivity index (χ2v) is 10.9. The van der Waals surface area contributed by atoms with Crippen molar-refractivity contribution in [2.24, 2.45) is 5.92 Å². The highest BCUT2D eigenvalue weighted by molar-refractivity contribution is 5.99. The van der Waals surface area contributed by atoms with E-state index < -0.39 is 17.8 Å². The summed E-state index contributed by atoms with van der Waals surface area (Å²) in [6.07, 6.45) is 5.79. The van der Waals surface area contributed by atoms with Crippen LogP contribution >= 0.6 is 0 Å². The molecule has 1 fully saturated rings. The summed E-state index contributed by atoms with van der Waals surface area (Å²) in [6.45, 7) is 0. The first-order chi connectivity index (χ1) is 19.4. The van der Waals surface area contributed by atoms with E-state index in [2.05, 4.69) is 101 Å². The molecule has 40 heavy (non-hydrogen) atoms. The minimum absolute atomic E-state index is 0.420. The molecule has 4 aromatic carbocycles. The van der Waals surface area contributed by atoms with Crippen molar-refractivity contribution in [3.8, 4) is 0 Å². The van der Waals surface area contributed by atoms with Crippen LogP contribution in [0.5, 0.6) is 0 Å². The SMILES string of the molecule is CN(C)c1ccc(C2(c3ccc(N(C)C)cc3)OC(Cc3cccc4ccccc34)OC3=CC=CC(=N)C32)cc1. The molecule has 0 bridgehead atoms. The second kappa shape index (κ2) is 10.3. The first-order valence-corrected chi connectivity index (χ1v) is 13.7. The number of allylic oxidation sites excluding steroid dienone is 3. The molecule has 0 aromatic heterocycles. The van der Waals surface area contributed by atoms with E-state index in [9.17, 15) is 0 Å². The predicted octanol–water partition coefficient (Wildman–Crippen LogP) is 6.92. The molecular formula is C35H35N3O2. The summed E-state index contributed by atoms with van der Waals surface area (Å²) in [5.41, 5.74) is 4.90. The van der Waals surface area contributed by atoms with Crippen molar-refractivity contribution in [3.05, 3.63) is 132 Å². The van der Waals surface area contributed by atoms with Crippen LogP contribution in [0.2, 0.25) is 0 Å². The van der Waals surface area contributed by atoms with E-state index in [4.69, 9.17) is 14.9 Å². The summed E-state index contributed by atoms with van der Waals surface area (Å²) in [4.78, 5) is 4.18. The number of rotatable bonds is 6. The van der Waals surface area contributed by atoms with Gasteiger partial charge in [-0.2, -0.15) is 0 Å². The Morgan fingerprint density at radius 2 is 1.35 bits per heavy atom. The molecule has 1 N–H and O–H groups in total. The molecule has 2 unspecified atom stereocenters. The fourth-order valence-corrected chi connectivity index (χ4v) is 5.95. The van der Waals surface area contributed by atoms with E-state index in [0.29, 0.717) is 12.1 Å². The van der Waals surface area contributed by atoms with Crippen LogP contribution in [0.4, 0.5) is 11.4 Å². The fraction of sp³-hybridized carbons (Fsp3) is 0.229. The maximum Gasteiger partial charge on any atom is 0.204 e. The van der Waals surface area contributed by atoms with Gasteiger partial charge in [-0.3, -0.25) is 0 Å². The molecule has 0 amide bonds. The number of ether oxygens (including phenoxy) is 2. The molecule has 6 rings (SSSR count). The number of hydrogen-bond donors (Lipinski definition) is 1. The molecule has 0 radical (unpaired) electrons. The zero-order chi connectivity index (χ0) is 27.9. The molecule has 1 aliphatic heterocycles. The molecule has 1 heterocycles. The number of benzene rings is 4. The van der Waals surface area contributed by atoms with Gasteiger partial charge in [-0.05, 0) is 63.9 Å². The van der Waals surface area contributed by atoms with E-state index >= 15 is 0 Å². The van der Waals surface area contributed by atoms with Crippen LogP contribution in [-0.2, 0) is 21.5 Å². The average Bonchev–Trinajstić information content (AvgIpc) is 2.97. The van der Waals surface area contributed by atoms with Crippen LogP contribution in [0, 0.1) is 11.3 Å². The molecule has 2 atom stereocenters. The van der Waals surface area contributed by atoms with Gasteiger partial charge in [0.05, 0.1) is 5.92 Å². The molecule has 0 saturated carbocycles. The van der Waals surface area contributed by atoms with Crippen LogP contribution in [0.3, 0.4) is 0 Å². The van der Waals surface area contributed by atoms with E-state index in [1.165, 1.54) is 16.3 Å².